The van der Waals surface area contributed by atoms with Crippen LogP contribution in [0.4, 0.5) is 0 Å². The highest BCUT2D eigenvalue weighted by Gasteiger charge is 2.12. The molecule has 0 bridgehead atoms. The maximum atomic E-state index is 11.7. The molecule has 17 heavy (non-hydrogen) atoms. The van der Waals surface area contributed by atoms with E-state index in [1.165, 1.54) is 12.8 Å². The lowest BCUT2D eigenvalue weighted by atomic mass is 9.93. The fourth-order valence-corrected chi connectivity index (χ4v) is 2.16. The highest BCUT2D eigenvalue weighted by molar-refractivity contribution is 5.76. The van der Waals surface area contributed by atoms with Gasteiger partial charge in [0.15, 0.2) is 0 Å². The number of carbonyl (C=O) groups excluding carboxylic acids is 1. The van der Waals surface area contributed by atoms with Crippen LogP contribution >= 0.6 is 0 Å². The van der Waals surface area contributed by atoms with Crippen LogP contribution in [0.25, 0.3) is 0 Å². The maximum absolute atomic E-state index is 11.7. The van der Waals surface area contributed by atoms with Crippen molar-refractivity contribution in [1.29, 1.82) is 0 Å². The molecule has 1 N–H and O–H groups in total. The molecule has 0 aromatic heterocycles. The summed E-state index contributed by atoms with van der Waals surface area (Å²) in [5.74, 6) is 0.602. The summed E-state index contributed by atoms with van der Waals surface area (Å²) in [6, 6.07) is 10.0. The summed E-state index contributed by atoms with van der Waals surface area (Å²) < 4.78 is 0. The van der Waals surface area contributed by atoms with Gasteiger partial charge < -0.3 is 5.32 Å². The Balaban J connectivity index is 1.74. The monoisotopic (exact) mass is 229 g/mol. The van der Waals surface area contributed by atoms with E-state index in [2.05, 4.69) is 17.5 Å². The topological polar surface area (TPSA) is 29.1 Å². The van der Waals surface area contributed by atoms with Crippen LogP contribution in [0.2, 0.25) is 0 Å². The zero-order chi connectivity index (χ0) is 11.9. The molecule has 1 aromatic carbocycles. The largest absolute Gasteiger partial charge is 0.352 e. The lowest BCUT2D eigenvalue weighted by Crippen LogP contribution is -2.25. The number of allylic oxidation sites excluding steroid dienone is 2. The van der Waals surface area contributed by atoms with Crippen LogP contribution < -0.4 is 5.32 Å². The van der Waals surface area contributed by atoms with Crippen molar-refractivity contribution in [3.05, 3.63) is 48.0 Å². The van der Waals surface area contributed by atoms with Gasteiger partial charge in [-0.1, -0.05) is 42.5 Å². The van der Waals surface area contributed by atoms with E-state index in [1.54, 1.807) is 0 Å². The number of benzene rings is 1. The summed E-state index contributed by atoms with van der Waals surface area (Å²) in [6.07, 6.45) is 8.54. The van der Waals surface area contributed by atoms with Gasteiger partial charge in [-0.05, 0) is 30.7 Å². The van der Waals surface area contributed by atoms with E-state index in [9.17, 15) is 4.79 Å². The minimum Gasteiger partial charge on any atom is -0.352 e. The predicted octanol–water partition coefficient (Wildman–Crippen LogP) is 3.05. The molecule has 0 spiro atoms. The van der Waals surface area contributed by atoms with Gasteiger partial charge >= 0.3 is 0 Å². The molecule has 1 aliphatic rings. The van der Waals surface area contributed by atoms with E-state index in [4.69, 9.17) is 0 Å². The molecule has 1 unspecified atom stereocenters. The van der Waals surface area contributed by atoms with Crippen LogP contribution in [-0.2, 0) is 11.3 Å². The first-order chi connectivity index (χ1) is 8.34. The Labute approximate surface area is 103 Å². The first-order valence-corrected chi connectivity index (χ1v) is 6.32. The van der Waals surface area contributed by atoms with E-state index in [1.807, 2.05) is 30.3 Å². The Hall–Kier alpha value is -1.57. The van der Waals surface area contributed by atoms with Gasteiger partial charge in [-0.3, -0.25) is 4.79 Å². The summed E-state index contributed by atoms with van der Waals surface area (Å²) in [5, 5.41) is 2.97. The number of hydrogen-bond donors (Lipinski definition) is 1. The highest BCUT2D eigenvalue weighted by atomic mass is 16.1. The Morgan fingerprint density at radius 1 is 1.29 bits per heavy atom. The molecule has 0 saturated carbocycles. The number of rotatable bonds is 4. The second kappa shape index (κ2) is 6.24. The molecule has 0 radical (unpaired) electrons. The Morgan fingerprint density at radius 3 is 2.82 bits per heavy atom. The van der Waals surface area contributed by atoms with Gasteiger partial charge in [-0.2, -0.15) is 0 Å². The van der Waals surface area contributed by atoms with Crippen LogP contribution in [0.15, 0.2) is 42.5 Å². The van der Waals surface area contributed by atoms with Crippen LogP contribution in [0.3, 0.4) is 0 Å². The third-order valence-corrected chi connectivity index (χ3v) is 3.13. The van der Waals surface area contributed by atoms with Crippen LogP contribution in [0.1, 0.15) is 31.2 Å². The zero-order valence-electron chi connectivity index (χ0n) is 10.1. The smallest absolute Gasteiger partial charge is 0.220 e. The van der Waals surface area contributed by atoms with Crippen molar-refractivity contribution in [2.24, 2.45) is 5.92 Å². The van der Waals surface area contributed by atoms with Crippen LogP contribution in [-0.4, -0.2) is 5.91 Å². The van der Waals surface area contributed by atoms with Crippen molar-refractivity contribution >= 4 is 5.91 Å². The lowest BCUT2D eigenvalue weighted by Gasteiger charge is -2.15. The number of hydrogen-bond acceptors (Lipinski definition) is 1. The first kappa shape index (κ1) is 11.9. The van der Waals surface area contributed by atoms with E-state index >= 15 is 0 Å². The number of nitrogens with one attached hydrogen (secondary N) is 1. The number of amides is 1. The Bertz CT molecular complexity index is 383. The molecule has 2 rings (SSSR count). The van der Waals surface area contributed by atoms with Crippen molar-refractivity contribution in [3.8, 4) is 0 Å². The van der Waals surface area contributed by atoms with Gasteiger partial charge in [0.25, 0.3) is 0 Å². The van der Waals surface area contributed by atoms with Crippen molar-refractivity contribution in [3.63, 3.8) is 0 Å². The maximum Gasteiger partial charge on any atom is 0.220 e. The van der Waals surface area contributed by atoms with E-state index in [0.717, 1.165) is 12.0 Å². The molecular weight excluding hydrogens is 210 g/mol. The summed E-state index contributed by atoms with van der Waals surface area (Å²) >= 11 is 0. The summed E-state index contributed by atoms with van der Waals surface area (Å²) in [4.78, 5) is 11.7. The third-order valence-electron chi connectivity index (χ3n) is 3.13. The molecular formula is C15H19NO. The molecule has 1 amide bonds. The highest BCUT2D eigenvalue weighted by Crippen LogP contribution is 2.19. The second-order valence-corrected chi connectivity index (χ2v) is 4.59. The van der Waals surface area contributed by atoms with Gasteiger partial charge in [0.2, 0.25) is 5.91 Å². The summed E-state index contributed by atoms with van der Waals surface area (Å²) in [7, 11) is 0. The molecule has 1 aromatic rings. The molecule has 0 aliphatic heterocycles. The van der Waals surface area contributed by atoms with Crippen molar-refractivity contribution < 1.29 is 4.79 Å². The van der Waals surface area contributed by atoms with Gasteiger partial charge in [0, 0.05) is 13.0 Å². The molecule has 2 heteroatoms. The normalized spacial score (nSPS) is 18.9. The van der Waals surface area contributed by atoms with Gasteiger partial charge in [0.05, 0.1) is 0 Å². The molecule has 2 nitrogen and oxygen atoms in total. The Morgan fingerprint density at radius 2 is 2.12 bits per heavy atom. The minimum absolute atomic E-state index is 0.158. The minimum atomic E-state index is 0.158. The third kappa shape index (κ3) is 4.06. The molecule has 0 fully saturated rings. The van der Waals surface area contributed by atoms with Crippen molar-refractivity contribution in [2.75, 3.05) is 0 Å². The standard InChI is InChI=1S/C15H19NO/c17-15(11-13-7-3-1-4-8-13)16-12-14-9-5-2-6-10-14/h2-3,5-7,9-10,13H,1,4,8,11-12H2,(H,16,17). The zero-order valence-corrected chi connectivity index (χ0v) is 10.1. The molecule has 1 atom stereocenters. The molecule has 0 heterocycles. The fraction of sp³-hybridized carbons (Fsp3) is 0.400. The van der Waals surface area contributed by atoms with Gasteiger partial charge in [-0.25, -0.2) is 0 Å². The fourth-order valence-electron chi connectivity index (χ4n) is 2.16. The average Bonchev–Trinajstić information content (AvgIpc) is 2.39. The van der Waals surface area contributed by atoms with Crippen molar-refractivity contribution in [2.45, 2.75) is 32.2 Å². The van der Waals surface area contributed by atoms with E-state index in [0.29, 0.717) is 18.9 Å². The first-order valence-electron chi connectivity index (χ1n) is 6.32. The molecule has 0 saturated heterocycles. The van der Waals surface area contributed by atoms with Crippen LogP contribution in [0, 0.1) is 5.92 Å². The predicted molar refractivity (Wildman–Crippen MR) is 69.4 cm³/mol. The molecule has 1 aliphatic carbocycles. The van der Waals surface area contributed by atoms with Gasteiger partial charge in [-0.15, -0.1) is 0 Å². The summed E-state index contributed by atoms with van der Waals surface area (Å²) in [5.41, 5.74) is 1.15. The quantitative estimate of drug-likeness (QED) is 0.790. The van der Waals surface area contributed by atoms with Gasteiger partial charge in [0.1, 0.15) is 0 Å². The summed E-state index contributed by atoms with van der Waals surface area (Å²) in [6.45, 7) is 0.635. The second-order valence-electron chi connectivity index (χ2n) is 4.59. The SMILES string of the molecule is O=C(CC1C=CCCC1)NCc1ccccc1. The van der Waals surface area contributed by atoms with Crippen molar-refractivity contribution in [1.82, 2.24) is 5.32 Å². The number of carbonyl (C=O) groups is 1. The molecule has 90 valence electrons. The average molecular weight is 229 g/mol. The Kier molecular flexibility index (Phi) is 4.37. The lowest BCUT2D eigenvalue weighted by molar-refractivity contribution is -0.121. The van der Waals surface area contributed by atoms with E-state index < -0.39 is 0 Å². The van der Waals surface area contributed by atoms with Crippen LogP contribution in [0.5, 0.6) is 0 Å². The van der Waals surface area contributed by atoms with E-state index in [-0.39, 0.29) is 5.91 Å².